The van der Waals surface area contributed by atoms with Gasteiger partial charge in [0.1, 0.15) is 6.10 Å². The fourth-order valence-corrected chi connectivity index (χ4v) is 5.37. The van der Waals surface area contributed by atoms with Gasteiger partial charge < -0.3 is 4.74 Å². The topological polar surface area (TPSA) is 26.3 Å². The van der Waals surface area contributed by atoms with Gasteiger partial charge in [0.15, 0.2) is 0 Å². The van der Waals surface area contributed by atoms with E-state index in [9.17, 15) is 35.5 Å². The van der Waals surface area contributed by atoms with E-state index in [1.807, 2.05) is 0 Å². The standard InChI is InChI=1S/C24H37F7O2/c1-2-3-4-5-6-7-8-17-9-11-18(12-10-17)19-13-15-20(16-14-19)33-21(32)22(25,26)23(27,28)24(29,30)31/h17-20H,2-16H2,1H3. The van der Waals surface area contributed by atoms with E-state index in [1.54, 1.807) is 0 Å². The molecule has 0 unspecified atom stereocenters. The Balaban J connectivity index is 1.69. The maximum atomic E-state index is 13.5. The average Bonchev–Trinajstić information content (AvgIpc) is 2.76. The number of halogens is 7. The number of hydrogen-bond acceptors (Lipinski definition) is 2. The fourth-order valence-electron chi connectivity index (χ4n) is 5.37. The van der Waals surface area contributed by atoms with Crippen molar-refractivity contribution in [2.24, 2.45) is 17.8 Å². The van der Waals surface area contributed by atoms with Crippen LogP contribution >= 0.6 is 0 Å². The van der Waals surface area contributed by atoms with Gasteiger partial charge in [-0.05, 0) is 56.3 Å². The molecule has 0 N–H and O–H groups in total. The minimum Gasteiger partial charge on any atom is -0.458 e. The number of alkyl halides is 7. The van der Waals surface area contributed by atoms with E-state index >= 15 is 0 Å². The zero-order valence-corrected chi connectivity index (χ0v) is 19.4. The number of ether oxygens (including phenoxy) is 1. The van der Waals surface area contributed by atoms with Crippen LogP contribution in [0.3, 0.4) is 0 Å². The van der Waals surface area contributed by atoms with Crippen LogP contribution in [0.25, 0.3) is 0 Å². The summed E-state index contributed by atoms with van der Waals surface area (Å²) in [4.78, 5) is 11.5. The molecule has 33 heavy (non-hydrogen) atoms. The predicted molar refractivity (Wildman–Crippen MR) is 111 cm³/mol. The van der Waals surface area contributed by atoms with Gasteiger partial charge in [0, 0.05) is 0 Å². The Hall–Kier alpha value is -1.02. The highest BCUT2D eigenvalue weighted by Gasteiger charge is 2.77. The highest BCUT2D eigenvalue weighted by molar-refractivity contribution is 5.79. The van der Waals surface area contributed by atoms with E-state index in [-0.39, 0.29) is 12.8 Å². The molecule has 2 saturated carbocycles. The summed E-state index contributed by atoms with van der Waals surface area (Å²) < 4.78 is 94.1. The molecular weight excluding hydrogens is 453 g/mol. The molecule has 2 fully saturated rings. The van der Waals surface area contributed by atoms with E-state index in [2.05, 4.69) is 11.7 Å². The summed E-state index contributed by atoms with van der Waals surface area (Å²) in [5.74, 6) is -13.6. The van der Waals surface area contributed by atoms with E-state index in [0.717, 1.165) is 18.8 Å². The Morgan fingerprint density at radius 1 is 0.727 bits per heavy atom. The Bertz CT molecular complexity index is 590. The quantitative estimate of drug-likeness (QED) is 0.165. The fraction of sp³-hybridized carbons (Fsp3) is 0.958. The third kappa shape index (κ3) is 7.48. The third-order valence-corrected chi connectivity index (χ3v) is 7.52. The molecule has 194 valence electrons. The molecule has 0 amide bonds. The van der Waals surface area contributed by atoms with Crippen LogP contribution in [0.15, 0.2) is 0 Å². The Labute approximate surface area is 192 Å². The molecule has 2 aliphatic rings. The number of rotatable bonds is 11. The number of carbonyl (C=O) groups is 1. The zero-order valence-electron chi connectivity index (χ0n) is 19.4. The van der Waals surface area contributed by atoms with Crippen LogP contribution in [0.2, 0.25) is 0 Å². The van der Waals surface area contributed by atoms with E-state index in [0.29, 0.717) is 24.7 Å². The van der Waals surface area contributed by atoms with Gasteiger partial charge >= 0.3 is 24.0 Å². The van der Waals surface area contributed by atoms with Crippen LogP contribution < -0.4 is 0 Å². The summed E-state index contributed by atoms with van der Waals surface area (Å²) >= 11 is 0. The number of hydrogen-bond donors (Lipinski definition) is 0. The summed E-state index contributed by atoms with van der Waals surface area (Å²) in [5, 5.41) is 0. The van der Waals surface area contributed by atoms with Crippen molar-refractivity contribution in [3.05, 3.63) is 0 Å². The van der Waals surface area contributed by atoms with Crippen molar-refractivity contribution < 1.29 is 40.3 Å². The first-order valence-corrected chi connectivity index (χ1v) is 12.4. The van der Waals surface area contributed by atoms with Gasteiger partial charge in [0.25, 0.3) is 0 Å². The number of unbranched alkanes of at least 4 members (excludes halogenated alkanes) is 5. The summed E-state index contributed by atoms with van der Waals surface area (Å²) in [6.45, 7) is 2.20. The summed E-state index contributed by atoms with van der Waals surface area (Å²) in [6.07, 6.45) is 7.57. The molecular formula is C24H37F7O2. The second-order valence-corrected chi connectivity index (χ2v) is 9.93. The van der Waals surface area contributed by atoms with Gasteiger partial charge in [-0.25, -0.2) is 4.79 Å². The lowest BCUT2D eigenvalue weighted by Gasteiger charge is -2.38. The van der Waals surface area contributed by atoms with E-state index in [4.69, 9.17) is 0 Å². The summed E-state index contributed by atoms with van der Waals surface area (Å²) in [6, 6.07) is 0. The normalized spacial score (nSPS) is 27.4. The minimum atomic E-state index is -6.54. The molecule has 9 heteroatoms. The van der Waals surface area contributed by atoms with Gasteiger partial charge in [-0.2, -0.15) is 30.7 Å². The number of esters is 1. The van der Waals surface area contributed by atoms with Gasteiger partial charge in [-0.1, -0.05) is 64.7 Å². The van der Waals surface area contributed by atoms with Gasteiger partial charge in [0.05, 0.1) is 0 Å². The van der Waals surface area contributed by atoms with E-state index < -0.39 is 30.1 Å². The predicted octanol–water partition coefficient (Wildman–Crippen LogP) is 8.48. The molecule has 0 spiro atoms. The first-order chi connectivity index (χ1) is 15.4. The molecule has 0 aromatic heterocycles. The van der Waals surface area contributed by atoms with Gasteiger partial charge in [-0.15, -0.1) is 0 Å². The smallest absolute Gasteiger partial charge is 0.458 e. The highest BCUT2D eigenvalue weighted by Crippen LogP contribution is 2.48. The Morgan fingerprint density at radius 3 is 1.73 bits per heavy atom. The molecule has 0 bridgehead atoms. The maximum Gasteiger partial charge on any atom is 0.460 e. The molecule has 0 aromatic carbocycles. The molecule has 0 saturated heterocycles. The lowest BCUT2D eigenvalue weighted by Crippen LogP contribution is -2.57. The van der Waals surface area contributed by atoms with Gasteiger partial charge in [-0.3, -0.25) is 0 Å². The van der Waals surface area contributed by atoms with E-state index in [1.165, 1.54) is 57.8 Å². The molecule has 0 atom stereocenters. The lowest BCUT2D eigenvalue weighted by atomic mass is 9.70. The maximum absolute atomic E-state index is 13.5. The first kappa shape index (κ1) is 28.2. The second kappa shape index (κ2) is 12.1. The minimum absolute atomic E-state index is 0.210. The highest BCUT2D eigenvalue weighted by atomic mass is 19.4. The second-order valence-electron chi connectivity index (χ2n) is 9.93. The van der Waals surface area contributed by atoms with Crippen molar-refractivity contribution in [1.82, 2.24) is 0 Å². The van der Waals surface area contributed by atoms with Crippen molar-refractivity contribution in [1.29, 1.82) is 0 Å². The largest absolute Gasteiger partial charge is 0.460 e. The monoisotopic (exact) mass is 490 g/mol. The van der Waals surface area contributed by atoms with Crippen LogP contribution in [0.5, 0.6) is 0 Å². The van der Waals surface area contributed by atoms with Crippen LogP contribution in [0, 0.1) is 17.8 Å². The SMILES string of the molecule is CCCCCCCCC1CCC(C2CCC(OC(=O)C(F)(F)C(F)(F)C(F)(F)F)CC2)CC1. The van der Waals surface area contributed by atoms with Gasteiger partial charge in [0.2, 0.25) is 0 Å². The molecule has 0 radical (unpaired) electrons. The molecule has 0 aliphatic heterocycles. The molecule has 2 rings (SSSR count). The summed E-state index contributed by atoms with van der Waals surface area (Å²) in [7, 11) is 0. The van der Waals surface area contributed by atoms with Crippen molar-refractivity contribution in [2.75, 3.05) is 0 Å². The number of carbonyl (C=O) groups excluding carboxylic acids is 1. The zero-order chi connectivity index (χ0) is 24.7. The lowest BCUT2D eigenvalue weighted by molar-refractivity contribution is -0.349. The van der Waals surface area contributed by atoms with Crippen LogP contribution in [-0.2, 0) is 9.53 Å². The van der Waals surface area contributed by atoms with Crippen molar-refractivity contribution in [2.45, 2.75) is 127 Å². The first-order valence-electron chi connectivity index (χ1n) is 12.4. The van der Waals surface area contributed by atoms with Crippen molar-refractivity contribution >= 4 is 5.97 Å². The average molecular weight is 491 g/mol. The van der Waals surface area contributed by atoms with Crippen molar-refractivity contribution in [3.63, 3.8) is 0 Å². The molecule has 0 heterocycles. The molecule has 2 nitrogen and oxygen atoms in total. The molecule has 2 aliphatic carbocycles. The Kier molecular flexibility index (Phi) is 10.3. The summed E-state index contributed by atoms with van der Waals surface area (Å²) in [5.41, 5.74) is 0. The third-order valence-electron chi connectivity index (χ3n) is 7.52. The van der Waals surface area contributed by atoms with Crippen LogP contribution in [0.1, 0.15) is 103 Å². The Morgan fingerprint density at radius 2 is 1.21 bits per heavy atom. The van der Waals surface area contributed by atoms with Crippen LogP contribution in [-0.4, -0.2) is 30.1 Å². The van der Waals surface area contributed by atoms with Crippen molar-refractivity contribution in [3.8, 4) is 0 Å². The van der Waals surface area contributed by atoms with Crippen LogP contribution in [0.4, 0.5) is 30.7 Å². The molecule has 0 aromatic rings.